The van der Waals surface area contributed by atoms with E-state index in [-0.39, 0.29) is 5.22 Å². The van der Waals surface area contributed by atoms with Crippen LogP contribution in [-0.4, -0.2) is 19.7 Å². The molecule has 0 aromatic carbocycles. The van der Waals surface area contributed by atoms with Gasteiger partial charge in [0.2, 0.25) is 9.84 Å². The first-order chi connectivity index (χ1) is 4.11. The Morgan fingerprint density at radius 1 is 1.67 bits per heavy atom. The predicted molar refractivity (Wildman–Crippen MR) is 29.6 cm³/mol. The van der Waals surface area contributed by atoms with E-state index >= 15 is 0 Å². The van der Waals surface area contributed by atoms with E-state index in [0.717, 1.165) is 6.26 Å². The van der Waals surface area contributed by atoms with Crippen molar-refractivity contribution in [1.82, 2.24) is 4.98 Å². The molecule has 0 fully saturated rings. The fourth-order valence-electron chi connectivity index (χ4n) is 0.393. The number of hydrogen-bond acceptors (Lipinski definition) is 4. The molecule has 0 saturated heterocycles. The van der Waals surface area contributed by atoms with Gasteiger partial charge in [0.25, 0.3) is 0 Å². The summed E-state index contributed by atoms with van der Waals surface area (Å²) < 4.78 is 25.6. The molecule has 0 spiro atoms. The van der Waals surface area contributed by atoms with Gasteiger partial charge < -0.3 is 4.42 Å². The highest BCUT2D eigenvalue weighted by Crippen LogP contribution is 2.01. The van der Waals surface area contributed by atoms with E-state index < -0.39 is 9.84 Å². The maximum atomic E-state index is 10.5. The summed E-state index contributed by atoms with van der Waals surface area (Å²) in [5, 5.41) is -0.234. The van der Waals surface area contributed by atoms with Gasteiger partial charge in [0.05, 0.1) is 6.20 Å². The lowest BCUT2D eigenvalue weighted by Gasteiger charge is -1.84. The van der Waals surface area contributed by atoms with Gasteiger partial charge in [-0.1, -0.05) is 0 Å². The van der Waals surface area contributed by atoms with E-state index in [2.05, 4.69) is 9.40 Å². The van der Waals surface area contributed by atoms with Gasteiger partial charge in [-0.3, -0.25) is 0 Å². The lowest BCUT2D eigenvalue weighted by Crippen LogP contribution is -1.95. The van der Waals surface area contributed by atoms with E-state index in [4.69, 9.17) is 0 Å². The Hall–Kier alpha value is -0.840. The Morgan fingerprint density at radius 3 is 2.56 bits per heavy atom. The van der Waals surface area contributed by atoms with E-state index in [1.807, 2.05) is 0 Å². The van der Waals surface area contributed by atoms with E-state index in [0.29, 0.717) is 0 Å². The molecule has 1 heterocycles. The van der Waals surface area contributed by atoms with Gasteiger partial charge in [-0.25, -0.2) is 13.4 Å². The smallest absolute Gasteiger partial charge is 0.314 e. The van der Waals surface area contributed by atoms with Crippen molar-refractivity contribution in [2.45, 2.75) is 5.22 Å². The van der Waals surface area contributed by atoms with Crippen molar-refractivity contribution < 1.29 is 12.8 Å². The van der Waals surface area contributed by atoms with Crippen LogP contribution in [-0.2, 0) is 9.84 Å². The highest BCUT2D eigenvalue weighted by atomic mass is 32.2. The molecule has 0 N–H and O–H groups in total. The topological polar surface area (TPSA) is 60.2 Å². The van der Waals surface area contributed by atoms with Gasteiger partial charge in [0, 0.05) is 6.26 Å². The van der Waals surface area contributed by atoms with Gasteiger partial charge in [0.15, 0.2) is 0 Å². The van der Waals surface area contributed by atoms with Crippen LogP contribution in [0.4, 0.5) is 0 Å². The summed E-state index contributed by atoms with van der Waals surface area (Å²) in [7, 11) is -3.24. The van der Waals surface area contributed by atoms with Crippen molar-refractivity contribution >= 4 is 9.84 Å². The first kappa shape index (κ1) is 6.28. The summed E-state index contributed by atoms with van der Waals surface area (Å²) in [5.74, 6) is 0. The number of aromatic nitrogens is 1. The monoisotopic (exact) mass is 147 g/mol. The van der Waals surface area contributed by atoms with Crippen LogP contribution in [0.1, 0.15) is 0 Å². The quantitative estimate of drug-likeness (QED) is 0.564. The SMILES string of the molecule is CS(=O)(=O)c1ncco1. The molecule has 50 valence electrons. The Balaban J connectivity index is 3.20. The fraction of sp³-hybridized carbons (Fsp3) is 0.250. The maximum Gasteiger partial charge on any atom is 0.314 e. The van der Waals surface area contributed by atoms with Crippen LogP contribution in [0.5, 0.6) is 0 Å². The first-order valence-electron chi connectivity index (χ1n) is 2.20. The third-order valence-electron chi connectivity index (χ3n) is 0.727. The minimum Gasteiger partial charge on any atom is -0.437 e. The third-order valence-corrected chi connectivity index (χ3v) is 1.56. The molecule has 4 nitrogen and oxygen atoms in total. The minimum absolute atomic E-state index is 0.234. The van der Waals surface area contributed by atoms with E-state index in [9.17, 15) is 8.42 Å². The van der Waals surface area contributed by atoms with Crippen LogP contribution >= 0.6 is 0 Å². The molecule has 0 radical (unpaired) electrons. The third kappa shape index (κ3) is 1.29. The van der Waals surface area contributed by atoms with Gasteiger partial charge in [-0.15, -0.1) is 0 Å². The zero-order valence-electron chi connectivity index (χ0n) is 4.73. The summed E-state index contributed by atoms with van der Waals surface area (Å²) >= 11 is 0. The minimum atomic E-state index is -3.24. The standard InChI is InChI=1S/C4H5NO3S/c1-9(6,7)4-5-2-3-8-4/h2-3H,1H3. The molecule has 0 atom stereocenters. The number of sulfone groups is 1. The number of rotatable bonds is 1. The average Bonchev–Trinajstić information content (AvgIpc) is 2.08. The summed E-state index contributed by atoms with van der Waals surface area (Å²) in [4.78, 5) is 3.43. The Bertz CT molecular complexity index is 273. The van der Waals surface area contributed by atoms with E-state index in [1.54, 1.807) is 0 Å². The number of oxazole rings is 1. The van der Waals surface area contributed by atoms with Gasteiger partial charge in [-0.05, 0) is 0 Å². The summed E-state index contributed by atoms with van der Waals surface area (Å²) in [6, 6.07) is 0. The molecule has 1 rings (SSSR count). The van der Waals surface area contributed by atoms with Crippen molar-refractivity contribution in [2.75, 3.05) is 6.26 Å². The lowest BCUT2D eigenvalue weighted by molar-refractivity contribution is 0.432. The summed E-state index contributed by atoms with van der Waals surface area (Å²) in [5.41, 5.74) is 0. The summed E-state index contributed by atoms with van der Waals surface area (Å²) in [6.07, 6.45) is 3.55. The molecule has 0 aliphatic rings. The Labute approximate surface area is 52.4 Å². The van der Waals surface area contributed by atoms with Gasteiger partial charge in [-0.2, -0.15) is 0 Å². The maximum absolute atomic E-state index is 10.5. The van der Waals surface area contributed by atoms with Crippen LogP contribution in [0.15, 0.2) is 22.1 Å². The van der Waals surface area contributed by atoms with Crippen LogP contribution in [0.3, 0.4) is 0 Å². The second-order valence-electron chi connectivity index (χ2n) is 1.57. The Kier molecular flexibility index (Phi) is 1.28. The van der Waals surface area contributed by atoms with Crippen LogP contribution < -0.4 is 0 Å². The zero-order chi connectivity index (χ0) is 6.91. The molecule has 0 aliphatic carbocycles. The van der Waals surface area contributed by atoms with Crippen molar-refractivity contribution in [3.05, 3.63) is 12.5 Å². The fourth-order valence-corrected chi connectivity index (χ4v) is 0.876. The van der Waals surface area contributed by atoms with Crippen LogP contribution in [0.25, 0.3) is 0 Å². The van der Waals surface area contributed by atoms with Crippen molar-refractivity contribution in [3.63, 3.8) is 0 Å². The van der Waals surface area contributed by atoms with Crippen LogP contribution in [0, 0.1) is 0 Å². The molecular weight excluding hydrogens is 142 g/mol. The molecular formula is C4H5NO3S. The molecule has 5 heteroatoms. The number of hydrogen-bond donors (Lipinski definition) is 0. The lowest BCUT2D eigenvalue weighted by atomic mass is 11.0. The second-order valence-corrected chi connectivity index (χ2v) is 3.46. The summed E-state index contributed by atoms with van der Waals surface area (Å²) in [6.45, 7) is 0. The molecule has 1 aromatic rings. The molecule has 1 aromatic heterocycles. The average molecular weight is 147 g/mol. The zero-order valence-corrected chi connectivity index (χ0v) is 5.55. The molecule has 0 amide bonds. The first-order valence-corrected chi connectivity index (χ1v) is 4.09. The second kappa shape index (κ2) is 1.84. The molecule has 9 heavy (non-hydrogen) atoms. The largest absolute Gasteiger partial charge is 0.437 e. The molecule has 0 saturated carbocycles. The van der Waals surface area contributed by atoms with Gasteiger partial charge in [0.1, 0.15) is 6.26 Å². The van der Waals surface area contributed by atoms with Crippen molar-refractivity contribution in [1.29, 1.82) is 0 Å². The highest BCUT2D eigenvalue weighted by Gasteiger charge is 2.10. The van der Waals surface area contributed by atoms with Gasteiger partial charge >= 0.3 is 5.22 Å². The van der Waals surface area contributed by atoms with Crippen LogP contribution in [0.2, 0.25) is 0 Å². The molecule has 0 unspecified atom stereocenters. The van der Waals surface area contributed by atoms with E-state index in [1.165, 1.54) is 12.5 Å². The van der Waals surface area contributed by atoms with Crippen molar-refractivity contribution in [3.8, 4) is 0 Å². The molecule has 0 aliphatic heterocycles. The Morgan fingerprint density at radius 2 is 2.33 bits per heavy atom. The van der Waals surface area contributed by atoms with Crippen molar-refractivity contribution in [2.24, 2.45) is 0 Å². The normalized spacial score (nSPS) is 11.7. The number of nitrogens with zero attached hydrogens (tertiary/aromatic N) is 1. The molecule has 0 bridgehead atoms. The predicted octanol–water partition coefficient (Wildman–Crippen LogP) is 0.0781. The highest BCUT2D eigenvalue weighted by molar-refractivity contribution is 7.90.